The number of carbonyl (C=O) groups is 1. The molecule has 38 heavy (non-hydrogen) atoms. The smallest absolute Gasteiger partial charge is 0.0146 e. The van der Waals surface area contributed by atoms with Gasteiger partial charge < -0.3 is 9.80 Å². The van der Waals surface area contributed by atoms with E-state index in [2.05, 4.69) is 87.0 Å². The van der Waals surface area contributed by atoms with Gasteiger partial charge in [-0.3, -0.25) is 0 Å². The fourth-order valence-corrected chi connectivity index (χ4v) is 6.21. The number of aryl methyl sites for hydroxylation is 6. The summed E-state index contributed by atoms with van der Waals surface area (Å²) in [5, 5.41) is 8.74. The van der Waals surface area contributed by atoms with Crippen molar-refractivity contribution >= 4 is 31.6 Å². The second-order valence-corrected chi connectivity index (χ2v) is 11.7. The van der Waals surface area contributed by atoms with Gasteiger partial charge in [0.2, 0.25) is 0 Å². The van der Waals surface area contributed by atoms with Crippen LogP contribution in [0.2, 0.25) is 0 Å². The van der Waals surface area contributed by atoms with Crippen LogP contribution in [0.3, 0.4) is 0 Å². The molecule has 0 spiro atoms. The number of rotatable bonds is 6. The van der Waals surface area contributed by atoms with Crippen molar-refractivity contribution in [1.82, 2.24) is 0 Å². The molecule has 4 rings (SSSR count). The van der Waals surface area contributed by atoms with Crippen molar-refractivity contribution in [3.05, 3.63) is 94.1 Å². The van der Waals surface area contributed by atoms with E-state index in [0.717, 1.165) is 18.7 Å². The number of carboxylic acid groups (broad SMARTS) is 1. The van der Waals surface area contributed by atoms with Gasteiger partial charge in [-0.25, -0.2) is 0 Å². The van der Waals surface area contributed by atoms with Gasteiger partial charge in [-0.2, -0.15) is 6.67 Å². The molecule has 205 valence electrons. The molecule has 1 saturated heterocycles. The summed E-state index contributed by atoms with van der Waals surface area (Å²) < 4.78 is 5.99. The van der Waals surface area contributed by atoms with E-state index in [0.29, 0.717) is 5.75 Å². The molecule has 1 fully saturated rings. The Labute approximate surface area is 238 Å². The molecule has 0 amide bonds. The minimum Gasteiger partial charge on any atom is -0.502 e. The quantitative estimate of drug-likeness (QED) is 0.187. The first kappa shape index (κ1) is 29.9. The van der Waals surface area contributed by atoms with Crippen molar-refractivity contribution in [2.75, 3.05) is 22.9 Å². The standard InChI is InChI=1S/C21H27N2.C10H10O3.ClH.Ru/c1-14-9-16(3)20(17(4)10-14)22-7-8-23(13-22)21-18(5)11-15(2)12-19(21)6;1-7-5-3-4-6-9(7)13-8(2)10(11)12;;/h9-13H,7-8H2,1-6H3;1,3-6,8H,2H3,(H,11,12);1H;/q-1;;;+1. The zero-order valence-electron chi connectivity index (χ0n) is 23.2. The average molecular weight is 623 g/mol. The summed E-state index contributed by atoms with van der Waals surface area (Å²) in [6.07, 6.45) is -0.731. The molecule has 1 unspecified atom stereocenters. The summed E-state index contributed by atoms with van der Waals surface area (Å²) in [7, 11) is 5.68. The summed E-state index contributed by atoms with van der Waals surface area (Å²) in [6, 6.07) is 16.5. The number of aliphatic carboxylic acids is 1. The number of hydrogen-bond acceptors (Lipinski definition) is 3. The van der Waals surface area contributed by atoms with Crippen molar-refractivity contribution in [1.29, 1.82) is 0 Å². The molecule has 0 radical (unpaired) electrons. The Balaban J connectivity index is 0.000000232. The van der Waals surface area contributed by atoms with Crippen molar-refractivity contribution in [3.63, 3.8) is 0 Å². The van der Waals surface area contributed by atoms with Crippen LogP contribution in [0.4, 0.5) is 11.4 Å². The van der Waals surface area contributed by atoms with Gasteiger partial charge in [0.15, 0.2) is 0 Å². The fourth-order valence-electron chi connectivity index (χ4n) is 5.09. The van der Waals surface area contributed by atoms with Crippen LogP contribution >= 0.6 is 9.69 Å². The molecule has 3 aromatic carbocycles. The number of carboxylic acids is 1. The van der Waals surface area contributed by atoms with Gasteiger partial charge in [0, 0.05) is 24.5 Å². The third-order valence-electron chi connectivity index (χ3n) is 6.48. The molecule has 0 aliphatic carbocycles. The Morgan fingerprint density at radius 1 is 0.921 bits per heavy atom. The van der Waals surface area contributed by atoms with Crippen LogP contribution in [0.25, 0.3) is 0 Å². The van der Waals surface area contributed by atoms with Crippen LogP contribution < -0.4 is 9.80 Å². The molecule has 0 aromatic heterocycles. The van der Waals surface area contributed by atoms with Gasteiger partial charge in [-0.15, -0.1) is 0 Å². The molecule has 7 heteroatoms. The Kier molecular flexibility index (Phi) is 10.5. The molecule has 2 N–H and O–H groups in total. The van der Waals surface area contributed by atoms with E-state index in [-0.39, 0.29) is 15.7 Å². The number of nitrogens with zero attached hydrogens (tertiary/aromatic N) is 2. The molecule has 1 aliphatic heterocycles. The van der Waals surface area contributed by atoms with Gasteiger partial charge >= 0.3 is 99.2 Å². The van der Waals surface area contributed by atoms with E-state index in [9.17, 15) is 4.79 Å². The molecule has 1 atom stereocenters. The van der Waals surface area contributed by atoms with E-state index in [1.54, 1.807) is 13.0 Å². The van der Waals surface area contributed by atoms with E-state index in [1.807, 2.05) is 22.8 Å². The fraction of sp³-hybridized carbons (Fsp3) is 0.323. The third-order valence-corrected chi connectivity index (χ3v) is 7.67. The van der Waals surface area contributed by atoms with Crippen LogP contribution in [0, 0.1) is 48.2 Å². The minimum atomic E-state index is -0.927. The monoisotopic (exact) mass is 623 g/mol. The maximum Gasteiger partial charge on any atom is 0.0146 e. The predicted molar refractivity (Wildman–Crippen MR) is 157 cm³/mol. The first-order chi connectivity index (χ1) is 18.0. The van der Waals surface area contributed by atoms with E-state index >= 15 is 0 Å². The summed E-state index contributed by atoms with van der Waals surface area (Å²) in [5.74, 6) is -0.244. The van der Waals surface area contributed by atoms with Crippen LogP contribution in [0.5, 0.6) is 5.75 Å². The molecular weight excluding hydrogens is 585 g/mol. The maximum atomic E-state index is 10.6. The van der Waals surface area contributed by atoms with E-state index < -0.39 is 12.1 Å². The summed E-state index contributed by atoms with van der Waals surface area (Å²) in [4.78, 5) is 15.5. The normalized spacial score (nSPS) is 14.1. The Hall–Kier alpha value is -2.69. The first-order valence-electron chi connectivity index (χ1n) is 12.6. The van der Waals surface area contributed by atoms with Gasteiger partial charge in [0.1, 0.15) is 0 Å². The average Bonchev–Trinajstić information content (AvgIpc) is 3.28. The number of para-hydroxylation sites is 1. The molecule has 1 aliphatic rings. The number of ether oxygens (including phenoxy) is 1. The Morgan fingerprint density at radius 3 is 1.79 bits per heavy atom. The van der Waals surface area contributed by atoms with Gasteiger partial charge in [0.05, 0.1) is 0 Å². The van der Waals surface area contributed by atoms with E-state index in [4.69, 9.17) is 14.8 Å². The number of hydrogen-bond donors (Lipinski definition) is 1. The number of benzene rings is 3. The molecule has 5 nitrogen and oxygen atoms in total. The minimum absolute atomic E-state index is 0.331. The van der Waals surface area contributed by atoms with Crippen LogP contribution in [-0.4, -0.2) is 39.6 Å². The second-order valence-electron chi connectivity index (χ2n) is 9.88. The summed E-state index contributed by atoms with van der Waals surface area (Å²) >= 11 is -0.331. The van der Waals surface area contributed by atoms with Crippen LogP contribution in [-0.2, 0) is 20.5 Å². The number of aromatic hydroxyl groups is 1. The maximum absolute atomic E-state index is 10.6. The number of anilines is 2. The van der Waals surface area contributed by atoms with Crippen molar-refractivity contribution in [2.45, 2.75) is 54.6 Å². The van der Waals surface area contributed by atoms with Crippen LogP contribution in [0.1, 0.15) is 45.9 Å². The molecular formula is C31H38ClN2O3Ru. The number of aliphatic hydroxyl groups is 1. The van der Waals surface area contributed by atoms with Crippen molar-refractivity contribution in [3.8, 4) is 5.75 Å². The van der Waals surface area contributed by atoms with Gasteiger partial charge in [-0.1, -0.05) is 35.4 Å². The second kappa shape index (κ2) is 13.4. The SMILES string of the molecule is CC([OH+]c1ccccc1[CH]=[Ru][Cl])C(=O)O.Cc1cc(C)c(N2[CH-]N(c3c(C)cc(C)cc3C)CC2)c(C)c1. The summed E-state index contributed by atoms with van der Waals surface area (Å²) in [6.45, 7) is 19.1. The van der Waals surface area contributed by atoms with Gasteiger partial charge in [-0.05, 0) is 63.8 Å². The number of halogens is 1. The molecule has 0 saturated carbocycles. The molecule has 0 bridgehead atoms. The Morgan fingerprint density at radius 2 is 1.37 bits per heavy atom. The summed E-state index contributed by atoms with van der Waals surface area (Å²) in [5.41, 5.74) is 11.7. The Bertz CT molecular complexity index is 1210. The third kappa shape index (κ3) is 7.45. The van der Waals surface area contributed by atoms with E-state index in [1.165, 1.54) is 44.8 Å². The van der Waals surface area contributed by atoms with Crippen molar-refractivity contribution in [2.24, 2.45) is 0 Å². The van der Waals surface area contributed by atoms with Crippen LogP contribution in [0.15, 0.2) is 48.5 Å². The first-order valence-corrected chi connectivity index (χ1v) is 15.9. The van der Waals surface area contributed by atoms with Gasteiger partial charge in [0.25, 0.3) is 0 Å². The largest absolute Gasteiger partial charge is 0.502 e. The molecule has 3 aromatic rings. The zero-order valence-corrected chi connectivity index (χ0v) is 25.7. The topological polar surface area (TPSA) is 56.6 Å². The predicted octanol–water partition coefficient (Wildman–Crippen LogP) is 6.77. The van der Waals surface area contributed by atoms with Crippen molar-refractivity contribution < 1.29 is 30.3 Å². The zero-order chi connectivity index (χ0) is 28.0. The molecule has 1 heterocycles.